The Labute approximate surface area is 160 Å². The third-order valence-electron chi connectivity index (χ3n) is 4.64. The minimum atomic E-state index is -3.73. The van der Waals surface area contributed by atoms with Gasteiger partial charge >= 0.3 is 0 Å². The van der Waals surface area contributed by atoms with Crippen LogP contribution in [0.2, 0.25) is 0 Å². The third-order valence-corrected chi connectivity index (χ3v) is 6.56. The molecule has 0 bridgehead atoms. The zero-order valence-electron chi connectivity index (χ0n) is 15.3. The van der Waals surface area contributed by atoms with E-state index >= 15 is 0 Å². The molecule has 0 radical (unpaired) electrons. The minimum Gasteiger partial charge on any atom is -0.495 e. The number of rotatable bonds is 5. The van der Waals surface area contributed by atoms with Gasteiger partial charge in [0.05, 0.1) is 7.11 Å². The van der Waals surface area contributed by atoms with Crippen molar-refractivity contribution in [3.63, 3.8) is 0 Å². The van der Waals surface area contributed by atoms with Gasteiger partial charge in [-0.3, -0.25) is 4.79 Å². The molecule has 1 aliphatic heterocycles. The number of nitrogens with zero attached hydrogens (tertiary/aromatic N) is 1. The number of anilines is 1. The molecule has 1 saturated heterocycles. The van der Waals surface area contributed by atoms with Gasteiger partial charge in [-0.05, 0) is 43.2 Å². The fourth-order valence-corrected chi connectivity index (χ4v) is 4.86. The normalized spacial score (nSPS) is 15.7. The average Bonchev–Trinajstić information content (AvgIpc) is 2.98. The molecular weight excluding hydrogens is 364 g/mol. The van der Waals surface area contributed by atoms with Crippen molar-refractivity contribution in [2.75, 3.05) is 25.5 Å². The predicted octanol–water partition coefficient (Wildman–Crippen LogP) is 3.51. The molecule has 3 rings (SSSR count). The van der Waals surface area contributed by atoms with Crippen LogP contribution in [-0.2, 0) is 10.0 Å². The lowest BCUT2D eigenvalue weighted by Gasteiger charge is -2.21. The second-order valence-corrected chi connectivity index (χ2v) is 8.41. The molecule has 6 nitrogen and oxygen atoms in total. The number of methoxy groups -OCH3 is 1. The number of hydrogen-bond acceptors (Lipinski definition) is 4. The van der Waals surface area contributed by atoms with Gasteiger partial charge in [0.25, 0.3) is 5.91 Å². The van der Waals surface area contributed by atoms with Crippen LogP contribution in [0, 0.1) is 0 Å². The Morgan fingerprint density at radius 1 is 1.00 bits per heavy atom. The summed E-state index contributed by atoms with van der Waals surface area (Å²) in [6.07, 6.45) is 3.75. The summed E-state index contributed by atoms with van der Waals surface area (Å²) >= 11 is 0. The number of para-hydroxylation sites is 1. The molecule has 1 amide bonds. The summed E-state index contributed by atoms with van der Waals surface area (Å²) < 4.78 is 33.1. The summed E-state index contributed by atoms with van der Waals surface area (Å²) in [5.74, 6) is -0.119. The molecule has 1 heterocycles. The maximum absolute atomic E-state index is 13.2. The first-order valence-corrected chi connectivity index (χ1v) is 10.5. The molecule has 27 heavy (non-hydrogen) atoms. The van der Waals surface area contributed by atoms with Crippen molar-refractivity contribution in [1.29, 1.82) is 0 Å². The van der Waals surface area contributed by atoms with Gasteiger partial charge in [0, 0.05) is 24.3 Å². The third kappa shape index (κ3) is 4.48. The van der Waals surface area contributed by atoms with E-state index in [9.17, 15) is 13.2 Å². The minimum absolute atomic E-state index is 0.0348. The van der Waals surface area contributed by atoms with Gasteiger partial charge in [-0.2, -0.15) is 4.31 Å². The summed E-state index contributed by atoms with van der Waals surface area (Å²) in [6.45, 7) is 0.984. The van der Waals surface area contributed by atoms with E-state index in [1.54, 1.807) is 18.2 Å². The van der Waals surface area contributed by atoms with Gasteiger partial charge in [0.2, 0.25) is 10.0 Å². The Morgan fingerprint density at radius 3 is 2.30 bits per heavy atom. The highest BCUT2D eigenvalue weighted by Gasteiger charge is 2.29. The van der Waals surface area contributed by atoms with Crippen molar-refractivity contribution < 1.29 is 17.9 Å². The molecular formula is C20H24N2O4S. The number of nitrogens with one attached hydrogen (secondary N) is 1. The van der Waals surface area contributed by atoms with Crippen molar-refractivity contribution in [2.45, 2.75) is 30.6 Å². The van der Waals surface area contributed by atoms with Crippen LogP contribution in [0.1, 0.15) is 36.0 Å². The van der Waals surface area contributed by atoms with E-state index in [0.717, 1.165) is 25.7 Å². The van der Waals surface area contributed by atoms with Crippen molar-refractivity contribution in [3.05, 3.63) is 54.1 Å². The highest BCUT2D eigenvalue weighted by Crippen LogP contribution is 2.29. The maximum Gasteiger partial charge on any atom is 0.255 e. The van der Waals surface area contributed by atoms with E-state index in [-0.39, 0.29) is 22.1 Å². The molecule has 1 fully saturated rings. The fourth-order valence-electron chi connectivity index (χ4n) is 3.17. The molecule has 0 atom stereocenters. The smallest absolute Gasteiger partial charge is 0.255 e. The highest BCUT2D eigenvalue weighted by molar-refractivity contribution is 7.89. The Kier molecular flexibility index (Phi) is 6.13. The van der Waals surface area contributed by atoms with Gasteiger partial charge in [-0.15, -0.1) is 0 Å². The zero-order chi connectivity index (χ0) is 19.3. The first-order valence-electron chi connectivity index (χ1n) is 9.07. The number of amides is 1. The summed E-state index contributed by atoms with van der Waals surface area (Å²) in [7, 11) is -2.30. The van der Waals surface area contributed by atoms with Crippen LogP contribution >= 0.6 is 0 Å². The van der Waals surface area contributed by atoms with Crippen LogP contribution in [0.25, 0.3) is 0 Å². The number of sulfonamides is 1. The van der Waals surface area contributed by atoms with E-state index in [4.69, 9.17) is 4.74 Å². The SMILES string of the molecule is COc1ccc(C(=O)Nc2ccccc2)cc1S(=O)(=O)N1CCCCCC1. The van der Waals surface area contributed by atoms with Crippen molar-refractivity contribution in [2.24, 2.45) is 0 Å². The quantitative estimate of drug-likeness (QED) is 0.850. The molecule has 1 N–H and O–H groups in total. The van der Waals surface area contributed by atoms with Gasteiger partial charge in [0.1, 0.15) is 10.6 Å². The maximum atomic E-state index is 13.2. The summed E-state index contributed by atoms with van der Waals surface area (Å²) in [4.78, 5) is 12.6. The average molecular weight is 388 g/mol. The predicted molar refractivity (Wildman–Crippen MR) is 105 cm³/mol. The lowest BCUT2D eigenvalue weighted by molar-refractivity contribution is 0.102. The van der Waals surface area contributed by atoms with Crippen LogP contribution in [0.4, 0.5) is 5.69 Å². The monoisotopic (exact) mass is 388 g/mol. The topological polar surface area (TPSA) is 75.7 Å². The first kappa shape index (κ1) is 19.4. The van der Waals surface area contributed by atoms with Crippen molar-refractivity contribution >= 4 is 21.6 Å². The van der Waals surface area contributed by atoms with Crippen molar-refractivity contribution in [1.82, 2.24) is 4.31 Å². The molecule has 0 aliphatic carbocycles. The fraction of sp³-hybridized carbons (Fsp3) is 0.350. The Morgan fingerprint density at radius 2 is 1.67 bits per heavy atom. The second-order valence-electron chi connectivity index (χ2n) is 6.50. The van der Waals surface area contributed by atoms with E-state index < -0.39 is 10.0 Å². The molecule has 0 spiro atoms. The van der Waals surface area contributed by atoms with Crippen LogP contribution < -0.4 is 10.1 Å². The molecule has 0 aromatic heterocycles. The number of ether oxygens (including phenoxy) is 1. The van der Waals surface area contributed by atoms with Crippen molar-refractivity contribution in [3.8, 4) is 5.75 Å². The number of carbonyl (C=O) groups excluding carboxylic acids is 1. The molecule has 7 heteroatoms. The van der Waals surface area contributed by atoms with Crippen LogP contribution in [0.15, 0.2) is 53.4 Å². The summed E-state index contributed by atoms with van der Waals surface area (Å²) in [5.41, 5.74) is 0.920. The van der Waals surface area contributed by atoms with E-state index in [1.807, 2.05) is 18.2 Å². The van der Waals surface area contributed by atoms with Gasteiger partial charge in [-0.1, -0.05) is 31.0 Å². The number of benzene rings is 2. The second kappa shape index (κ2) is 8.54. The molecule has 0 saturated carbocycles. The number of carbonyl (C=O) groups is 1. The lowest BCUT2D eigenvalue weighted by atomic mass is 10.2. The van der Waals surface area contributed by atoms with E-state index in [0.29, 0.717) is 18.8 Å². The lowest BCUT2D eigenvalue weighted by Crippen LogP contribution is -2.32. The van der Waals surface area contributed by atoms with Gasteiger partial charge in [-0.25, -0.2) is 8.42 Å². The van der Waals surface area contributed by atoms with Crippen LogP contribution in [-0.4, -0.2) is 38.8 Å². The molecule has 144 valence electrons. The Bertz CT molecular complexity index is 889. The zero-order valence-corrected chi connectivity index (χ0v) is 16.2. The van der Waals surface area contributed by atoms with E-state index in [2.05, 4.69) is 5.32 Å². The highest BCUT2D eigenvalue weighted by atomic mass is 32.2. The van der Waals surface area contributed by atoms with E-state index in [1.165, 1.54) is 23.5 Å². The van der Waals surface area contributed by atoms with Gasteiger partial charge < -0.3 is 10.1 Å². The number of hydrogen-bond donors (Lipinski definition) is 1. The molecule has 1 aliphatic rings. The van der Waals surface area contributed by atoms with Gasteiger partial charge in [0.15, 0.2) is 0 Å². The summed E-state index contributed by atoms with van der Waals surface area (Å²) in [6, 6.07) is 13.5. The standard InChI is InChI=1S/C20H24N2O4S/c1-26-18-12-11-16(20(23)21-17-9-5-4-6-10-17)15-19(18)27(24,25)22-13-7-2-3-8-14-22/h4-6,9-12,15H,2-3,7-8,13-14H2,1H3,(H,21,23). The first-order chi connectivity index (χ1) is 13.0. The van der Waals surface area contributed by atoms with Crippen LogP contribution in [0.5, 0.6) is 5.75 Å². The largest absolute Gasteiger partial charge is 0.495 e. The Hall–Kier alpha value is -2.38. The van der Waals surface area contributed by atoms with Crippen LogP contribution in [0.3, 0.4) is 0 Å². The molecule has 2 aromatic carbocycles. The molecule has 0 unspecified atom stereocenters. The Balaban J connectivity index is 1.92. The molecule has 2 aromatic rings. The summed E-state index contributed by atoms with van der Waals surface area (Å²) in [5, 5.41) is 2.78.